The van der Waals surface area contributed by atoms with E-state index < -0.39 is 6.61 Å². The monoisotopic (exact) mass is 352 g/mol. The smallest absolute Gasteiger partial charge is 0.388 e. The van der Waals surface area contributed by atoms with E-state index in [9.17, 15) is 8.78 Å². The number of hydrogen-bond donors (Lipinski definition) is 3. The zero-order valence-corrected chi connectivity index (χ0v) is 13.3. The molecule has 1 saturated heterocycles. The fourth-order valence-electron chi connectivity index (χ4n) is 3.10. The summed E-state index contributed by atoms with van der Waals surface area (Å²) < 4.78 is 34.6. The van der Waals surface area contributed by atoms with Crippen LogP contribution in [0.1, 0.15) is 19.3 Å². The zero-order valence-electron chi connectivity index (χ0n) is 13.3. The zero-order chi connectivity index (χ0) is 17.3. The van der Waals surface area contributed by atoms with Crippen molar-refractivity contribution in [2.45, 2.75) is 32.0 Å². The van der Waals surface area contributed by atoms with Gasteiger partial charge in [0.05, 0.1) is 12.4 Å². The predicted molar refractivity (Wildman–Crippen MR) is 84.1 cm³/mol. The first kappa shape index (κ1) is 16.0. The molecule has 1 aliphatic carbocycles. The van der Waals surface area contributed by atoms with Crippen LogP contribution in [0.3, 0.4) is 0 Å². The van der Waals surface area contributed by atoms with Crippen LogP contribution in [0.4, 0.5) is 20.4 Å². The lowest BCUT2D eigenvalue weighted by Crippen LogP contribution is -2.44. The van der Waals surface area contributed by atoms with Gasteiger partial charge < -0.3 is 20.1 Å². The third kappa shape index (κ3) is 3.63. The number of alkyl halides is 2. The number of piperidine rings is 1. The molecule has 1 atom stereocenters. The highest BCUT2D eigenvalue weighted by Crippen LogP contribution is 2.51. The Labute approximate surface area is 142 Å². The van der Waals surface area contributed by atoms with Crippen LogP contribution >= 0.6 is 0 Å². The number of ether oxygens (including phenoxy) is 2. The van der Waals surface area contributed by atoms with E-state index in [4.69, 9.17) is 4.74 Å². The number of rotatable bonds is 6. The van der Waals surface area contributed by atoms with Crippen molar-refractivity contribution < 1.29 is 18.3 Å². The van der Waals surface area contributed by atoms with Crippen LogP contribution in [0.25, 0.3) is 0 Å². The van der Waals surface area contributed by atoms with E-state index in [1.54, 1.807) is 6.20 Å². The van der Waals surface area contributed by atoms with Crippen molar-refractivity contribution in [1.82, 2.24) is 25.5 Å². The van der Waals surface area contributed by atoms with Crippen molar-refractivity contribution in [2.24, 2.45) is 5.41 Å². The molecule has 1 spiro atoms. The third-order valence-electron chi connectivity index (χ3n) is 4.54. The maximum atomic E-state index is 12.2. The molecule has 0 amide bonds. The van der Waals surface area contributed by atoms with Gasteiger partial charge in [0.1, 0.15) is 6.10 Å². The molecular weight excluding hydrogens is 334 g/mol. The maximum absolute atomic E-state index is 12.2. The van der Waals surface area contributed by atoms with Crippen molar-refractivity contribution >= 4 is 11.6 Å². The minimum atomic E-state index is -2.91. The first-order chi connectivity index (χ1) is 12.1. The van der Waals surface area contributed by atoms with E-state index in [2.05, 4.69) is 35.5 Å². The number of nitrogens with one attached hydrogen (secondary N) is 3. The summed E-state index contributed by atoms with van der Waals surface area (Å²) in [5, 5.41) is 12.5. The summed E-state index contributed by atoms with van der Waals surface area (Å²) in [4.78, 5) is 8.48. The largest absolute Gasteiger partial charge is 0.473 e. The normalized spacial score (nSPS) is 21.3. The van der Waals surface area contributed by atoms with Gasteiger partial charge in [0, 0.05) is 18.0 Å². The molecule has 3 heterocycles. The standard InChI is InChI=1S/C15H18F2N6O2/c16-14(17)25-12-5-10(22-23-12)20-11-6-19-7-13(21-11)24-9-1-4-18-8-15(9)2-3-15/h5-7,9,14,18H,1-4,8H2,(H2,20,21,22,23)/t9-/m0/s1. The molecule has 1 saturated carbocycles. The van der Waals surface area contributed by atoms with E-state index in [0.717, 1.165) is 32.4 Å². The lowest BCUT2D eigenvalue weighted by atomic mass is 9.93. The summed E-state index contributed by atoms with van der Waals surface area (Å²) in [6, 6.07) is 1.31. The summed E-state index contributed by atoms with van der Waals surface area (Å²) in [5.74, 6) is 1.00. The summed E-state index contributed by atoms with van der Waals surface area (Å²) in [7, 11) is 0. The van der Waals surface area contributed by atoms with Crippen molar-refractivity contribution in [3.05, 3.63) is 18.5 Å². The SMILES string of the molecule is FC(F)Oc1cc(Nc2cncc(O[C@H]3CCNCC34CC4)n2)n[nH]1. The molecule has 2 aromatic rings. The van der Waals surface area contributed by atoms with Crippen LogP contribution in [-0.2, 0) is 0 Å². The molecule has 0 radical (unpaired) electrons. The summed E-state index contributed by atoms with van der Waals surface area (Å²) in [6.45, 7) is -1.01. The molecule has 0 aromatic carbocycles. The average Bonchev–Trinajstić information content (AvgIpc) is 3.22. The highest BCUT2D eigenvalue weighted by Gasteiger charge is 2.52. The maximum Gasteiger partial charge on any atom is 0.388 e. The van der Waals surface area contributed by atoms with Crippen LogP contribution in [0.15, 0.2) is 18.5 Å². The van der Waals surface area contributed by atoms with Gasteiger partial charge in [-0.05, 0) is 25.8 Å². The Morgan fingerprint density at radius 2 is 2.16 bits per heavy atom. The molecule has 0 bridgehead atoms. The fourth-order valence-corrected chi connectivity index (χ4v) is 3.10. The molecule has 10 heteroatoms. The van der Waals surface area contributed by atoms with Gasteiger partial charge in [-0.25, -0.2) is 5.10 Å². The van der Waals surface area contributed by atoms with Crippen LogP contribution in [0.2, 0.25) is 0 Å². The second-order valence-electron chi connectivity index (χ2n) is 6.30. The molecular formula is C15H18F2N6O2. The van der Waals surface area contributed by atoms with Gasteiger partial charge in [-0.2, -0.15) is 18.9 Å². The van der Waals surface area contributed by atoms with Gasteiger partial charge in [-0.3, -0.25) is 4.98 Å². The second-order valence-corrected chi connectivity index (χ2v) is 6.30. The Balaban J connectivity index is 1.42. The van der Waals surface area contributed by atoms with E-state index in [1.165, 1.54) is 12.3 Å². The highest BCUT2D eigenvalue weighted by atomic mass is 19.3. The summed E-state index contributed by atoms with van der Waals surface area (Å²) in [5.41, 5.74) is 0.229. The Morgan fingerprint density at radius 1 is 1.28 bits per heavy atom. The number of halogens is 2. The van der Waals surface area contributed by atoms with Gasteiger partial charge >= 0.3 is 6.61 Å². The highest BCUT2D eigenvalue weighted by molar-refractivity contribution is 5.52. The molecule has 0 unspecified atom stereocenters. The third-order valence-corrected chi connectivity index (χ3v) is 4.54. The molecule has 3 N–H and O–H groups in total. The van der Waals surface area contributed by atoms with Crippen LogP contribution in [0.5, 0.6) is 11.8 Å². The van der Waals surface area contributed by atoms with Crippen molar-refractivity contribution in [3.8, 4) is 11.8 Å². The van der Waals surface area contributed by atoms with Crippen molar-refractivity contribution in [3.63, 3.8) is 0 Å². The van der Waals surface area contributed by atoms with Gasteiger partial charge in [0.2, 0.25) is 11.8 Å². The topological polar surface area (TPSA) is 97.0 Å². The minimum Gasteiger partial charge on any atom is -0.473 e. The lowest BCUT2D eigenvalue weighted by molar-refractivity contribution is -0.0528. The summed E-state index contributed by atoms with van der Waals surface area (Å²) in [6.07, 6.45) is 6.47. The van der Waals surface area contributed by atoms with E-state index in [-0.39, 0.29) is 17.4 Å². The van der Waals surface area contributed by atoms with Gasteiger partial charge in [-0.1, -0.05) is 0 Å². The first-order valence-electron chi connectivity index (χ1n) is 8.10. The fraction of sp³-hybridized carbons (Fsp3) is 0.533. The minimum absolute atomic E-state index is 0.134. The Bertz CT molecular complexity index is 736. The Hall–Kier alpha value is -2.49. The van der Waals surface area contributed by atoms with Gasteiger partial charge in [-0.15, -0.1) is 0 Å². The number of nitrogens with zero attached hydrogens (tertiary/aromatic N) is 3. The van der Waals surface area contributed by atoms with Crippen LogP contribution in [0, 0.1) is 5.41 Å². The first-order valence-corrected chi connectivity index (χ1v) is 8.10. The molecule has 2 aromatic heterocycles. The van der Waals surface area contributed by atoms with E-state index >= 15 is 0 Å². The van der Waals surface area contributed by atoms with Gasteiger partial charge in [0.15, 0.2) is 11.6 Å². The molecule has 1 aliphatic heterocycles. The number of aromatic amines is 1. The van der Waals surface area contributed by atoms with E-state index in [1.807, 2.05) is 0 Å². The molecule has 2 aliphatic rings. The van der Waals surface area contributed by atoms with Crippen molar-refractivity contribution in [1.29, 1.82) is 0 Å². The van der Waals surface area contributed by atoms with Gasteiger partial charge in [0.25, 0.3) is 0 Å². The number of hydrogen-bond acceptors (Lipinski definition) is 7. The predicted octanol–water partition coefficient (Wildman–Crippen LogP) is 2.07. The molecule has 4 rings (SSSR count). The molecule has 8 nitrogen and oxygen atoms in total. The van der Waals surface area contributed by atoms with Crippen LogP contribution in [-0.4, -0.2) is 46.0 Å². The number of anilines is 2. The molecule has 2 fully saturated rings. The van der Waals surface area contributed by atoms with E-state index in [0.29, 0.717) is 17.5 Å². The molecule has 134 valence electrons. The molecule has 25 heavy (non-hydrogen) atoms. The number of H-pyrrole nitrogens is 1. The average molecular weight is 352 g/mol. The number of aromatic nitrogens is 4. The second kappa shape index (κ2) is 6.43. The lowest BCUT2D eigenvalue weighted by Gasteiger charge is -2.32. The summed E-state index contributed by atoms with van der Waals surface area (Å²) >= 11 is 0. The quantitative estimate of drug-likeness (QED) is 0.732. The van der Waals surface area contributed by atoms with Crippen LogP contribution < -0.4 is 20.1 Å². The Morgan fingerprint density at radius 3 is 2.96 bits per heavy atom. The van der Waals surface area contributed by atoms with Crippen molar-refractivity contribution in [2.75, 3.05) is 18.4 Å². The Kier molecular flexibility index (Phi) is 4.12.